The van der Waals surface area contributed by atoms with Crippen molar-refractivity contribution < 1.29 is 9.90 Å². The zero-order valence-corrected chi connectivity index (χ0v) is 18.1. The molecule has 0 spiro atoms. The highest BCUT2D eigenvalue weighted by molar-refractivity contribution is 5.86. The highest BCUT2D eigenvalue weighted by Gasteiger charge is 2.21. The molecule has 32 heavy (non-hydrogen) atoms. The average Bonchev–Trinajstić information content (AvgIpc) is 3.44. The van der Waals surface area contributed by atoms with Crippen molar-refractivity contribution >= 4 is 17.4 Å². The molecule has 0 saturated carbocycles. The molecule has 0 aliphatic carbocycles. The van der Waals surface area contributed by atoms with Gasteiger partial charge in [0, 0.05) is 74.1 Å². The fraction of sp³-hybridized carbons (Fsp3) is 0.304. The molecule has 0 bridgehead atoms. The van der Waals surface area contributed by atoms with Crippen LogP contribution in [0.2, 0.25) is 0 Å². The van der Waals surface area contributed by atoms with E-state index >= 15 is 0 Å². The maximum Gasteiger partial charge on any atom is 0.407 e. The van der Waals surface area contributed by atoms with Gasteiger partial charge in [0.05, 0.1) is 17.9 Å². The van der Waals surface area contributed by atoms with E-state index in [1.807, 2.05) is 48.6 Å². The van der Waals surface area contributed by atoms with Crippen LogP contribution in [-0.4, -0.2) is 66.7 Å². The minimum atomic E-state index is -0.863. The third-order valence-corrected chi connectivity index (χ3v) is 6.04. The molecule has 1 fully saturated rings. The van der Waals surface area contributed by atoms with E-state index in [4.69, 9.17) is 10.1 Å². The molecule has 1 aliphatic rings. The van der Waals surface area contributed by atoms with Crippen LogP contribution in [0.4, 0.5) is 10.6 Å². The number of carbonyl (C=O) groups is 1. The topological polar surface area (TPSA) is 91.8 Å². The van der Waals surface area contributed by atoms with Crippen molar-refractivity contribution in [2.75, 3.05) is 31.1 Å². The maximum atomic E-state index is 11.1. The van der Waals surface area contributed by atoms with Crippen LogP contribution in [0, 0.1) is 0 Å². The Balaban J connectivity index is 1.51. The van der Waals surface area contributed by atoms with Gasteiger partial charge in [0.15, 0.2) is 0 Å². The standard InChI is InChI=1S/C23H25N7O2/c1-3-16-12-26-30-15-18(19-13-25-27(2)14-19)10-20(22(16)30)17-4-5-21(24-11-17)28-6-8-29(9-7-28)23(31)32/h4-5,10-15H,3,6-9H2,1-2H3,(H,31,32). The predicted molar refractivity (Wildman–Crippen MR) is 122 cm³/mol. The highest BCUT2D eigenvalue weighted by atomic mass is 16.4. The first-order chi connectivity index (χ1) is 15.5. The number of piperazine rings is 1. The van der Waals surface area contributed by atoms with Crippen LogP contribution in [0.1, 0.15) is 12.5 Å². The molecule has 0 radical (unpaired) electrons. The number of hydrogen-bond acceptors (Lipinski definition) is 5. The van der Waals surface area contributed by atoms with Crippen LogP contribution in [-0.2, 0) is 13.5 Å². The van der Waals surface area contributed by atoms with Crippen molar-refractivity contribution in [2.24, 2.45) is 7.05 Å². The van der Waals surface area contributed by atoms with E-state index in [9.17, 15) is 4.79 Å². The van der Waals surface area contributed by atoms with Gasteiger partial charge in [0.2, 0.25) is 0 Å². The molecule has 5 heterocycles. The Morgan fingerprint density at radius 2 is 1.81 bits per heavy atom. The van der Waals surface area contributed by atoms with Gasteiger partial charge in [-0.3, -0.25) is 4.68 Å². The Bertz CT molecular complexity index is 1270. The molecule has 4 aromatic rings. The second-order valence-electron chi connectivity index (χ2n) is 8.02. The normalized spacial score (nSPS) is 14.3. The summed E-state index contributed by atoms with van der Waals surface area (Å²) in [5.41, 5.74) is 6.45. The zero-order chi connectivity index (χ0) is 22.2. The van der Waals surface area contributed by atoms with E-state index in [0.29, 0.717) is 26.2 Å². The summed E-state index contributed by atoms with van der Waals surface area (Å²) in [4.78, 5) is 19.4. The smallest absolute Gasteiger partial charge is 0.407 e. The molecule has 164 valence electrons. The lowest BCUT2D eigenvalue weighted by molar-refractivity contribution is 0.142. The molecule has 0 unspecified atom stereocenters. The maximum absolute atomic E-state index is 11.1. The molecule has 1 N–H and O–H groups in total. The fourth-order valence-electron chi connectivity index (χ4n) is 4.25. The van der Waals surface area contributed by atoms with Crippen molar-refractivity contribution in [3.8, 4) is 22.3 Å². The van der Waals surface area contributed by atoms with Crippen molar-refractivity contribution in [1.29, 1.82) is 0 Å². The van der Waals surface area contributed by atoms with Crippen LogP contribution in [0.15, 0.2) is 49.2 Å². The summed E-state index contributed by atoms with van der Waals surface area (Å²) < 4.78 is 3.73. The van der Waals surface area contributed by atoms with Crippen LogP contribution < -0.4 is 4.90 Å². The number of aryl methyl sites for hydroxylation is 2. The Hall–Kier alpha value is -3.88. The van der Waals surface area contributed by atoms with Gasteiger partial charge in [-0.1, -0.05) is 6.92 Å². The SMILES string of the molecule is CCc1cnn2cc(-c3cnn(C)c3)cc(-c3ccc(N4CCN(C(=O)O)CC4)nc3)c12. The molecule has 4 aromatic heterocycles. The minimum Gasteiger partial charge on any atom is -0.465 e. The van der Waals surface area contributed by atoms with Crippen LogP contribution in [0.5, 0.6) is 0 Å². The number of pyridine rings is 2. The molecular formula is C23H25N7O2. The molecule has 0 aromatic carbocycles. The van der Waals surface area contributed by atoms with E-state index in [1.54, 1.807) is 4.68 Å². The van der Waals surface area contributed by atoms with Gasteiger partial charge in [0.25, 0.3) is 0 Å². The summed E-state index contributed by atoms with van der Waals surface area (Å²) in [6.45, 7) is 4.39. The minimum absolute atomic E-state index is 0.488. The fourth-order valence-corrected chi connectivity index (χ4v) is 4.25. The summed E-state index contributed by atoms with van der Waals surface area (Å²) >= 11 is 0. The van der Waals surface area contributed by atoms with Crippen LogP contribution in [0.25, 0.3) is 27.8 Å². The number of fused-ring (bicyclic) bond motifs is 1. The Morgan fingerprint density at radius 1 is 1.00 bits per heavy atom. The third kappa shape index (κ3) is 3.55. The molecule has 9 nitrogen and oxygen atoms in total. The number of nitrogens with zero attached hydrogens (tertiary/aromatic N) is 7. The van der Waals surface area contributed by atoms with Gasteiger partial charge >= 0.3 is 6.09 Å². The van der Waals surface area contributed by atoms with Gasteiger partial charge < -0.3 is 14.9 Å². The van der Waals surface area contributed by atoms with Gasteiger partial charge in [-0.2, -0.15) is 10.2 Å². The van der Waals surface area contributed by atoms with Crippen molar-refractivity contribution in [2.45, 2.75) is 13.3 Å². The molecule has 1 saturated heterocycles. The molecule has 0 atom stereocenters. The quantitative estimate of drug-likeness (QED) is 0.534. The lowest BCUT2D eigenvalue weighted by atomic mass is 10.0. The van der Waals surface area contributed by atoms with Gasteiger partial charge in [-0.15, -0.1) is 0 Å². The van der Waals surface area contributed by atoms with Gasteiger partial charge in [-0.05, 0) is 30.2 Å². The van der Waals surface area contributed by atoms with Gasteiger partial charge in [-0.25, -0.2) is 14.3 Å². The number of anilines is 1. The van der Waals surface area contributed by atoms with Gasteiger partial charge in [0.1, 0.15) is 5.82 Å². The van der Waals surface area contributed by atoms with Crippen molar-refractivity contribution in [3.63, 3.8) is 0 Å². The third-order valence-electron chi connectivity index (χ3n) is 6.04. The van der Waals surface area contributed by atoms with E-state index in [0.717, 1.165) is 40.0 Å². The summed E-state index contributed by atoms with van der Waals surface area (Å²) in [5.74, 6) is 0.863. The summed E-state index contributed by atoms with van der Waals surface area (Å²) in [7, 11) is 1.91. The van der Waals surface area contributed by atoms with E-state index in [-0.39, 0.29) is 0 Å². The number of carboxylic acid groups (broad SMARTS) is 1. The second kappa shape index (κ2) is 7.99. The molecule has 9 heteroatoms. The number of aromatic nitrogens is 5. The largest absolute Gasteiger partial charge is 0.465 e. The first kappa shape index (κ1) is 20.0. The summed E-state index contributed by atoms with van der Waals surface area (Å²) in [5, 5.41) is 18.0. The average molecular weight is 432 g/mol. The number of amides is 1. The molecule has 1 amide bonds. The second-order valence-corrected chi connectivity index (χ2v) is 8.02. The summed E-state index contributed by atoms with van der Waals surface area (Å²) in [6, 6.07) is 6.27. The van der Waals surface area contributed by atoms with E-state index in [2.05, 4.69) is 34.2 Å². The van der Waals surface area contributed by atoms with Crippen molar-refractivity contribution in [3.05, 3.63) is 54.7 Å². The zero-order valence-electron chi connectivity index (χ0n) is 18.1. The monoisotopic (exact) mass is 431 g/mol. The first-order valence-electron chi connectivity index (χ1n) is 10.7. The molecule has 5 rings (SSSR count). The van der Waals surface area contributed by atoms with Crippen LogP contribution >= 0.6 is 0 Å². The Labute approximate surface area is 185 Å². The number of rotatable bonds is 4. The first-order valence-corrected chi connectivity index (χ1v) is 10.7. The van der Waals surface area contributed by atoms with Crippen LogP contribution in [0.3, 0.4) is 0 Å². The lowest BCUT2D eigenvalue weighted by Gasteiger charge is -2.33. The van der Waals surface area contributed by atoms with E-state index < -0.39 is 6.09 Å². The number of hydrogen-bond donors (Lipinski definition) is 1. The summed E-state index contributed by atoms with van der Waals surface area (Å²) in [6.07, 6.45) is 9.74. The molecule has 1 aliphatic heterocycles. The highest BCUT2D eigenvalue weighted by Crippen LogP contribution is 2.32. The predicted octanol–water partition coefficient (Wildman–Crippen LogP) is 3.16. The van der Waals surface area contributed by atoms with E-state index in [1.165, 1.54) is 10.5 Å². The Morgan fingerprint density at radius 3 is 2.44 bits per heavy atom. The lowest BCUT2D eigenvalue weighted by Crippen LogP contribution is -2.48. The molecular weight excluding hydrogens is 406 g/mol. The Kier molecular flexibility index (Phi) is 5.01. The van der Waals surface area contributed by atoms with Crippen molar-refractivity contribution in [1.82, 2.24) is 29.3 Å².